The summed E-state index contributed by atoms with van der Waals surface area (Å²) in [6.45, 7) is 5.66. The molecule has 1 fully saturated rings. The third kappa shape index (κ3) is 7.37. The third-order valence-corrected chi connectivity index (χ3v) is 5.34. The van der Waals surface area contributed by atoms with Crippen LogP contribution < -0.4 is 14.9 Å². The summed E-state index contributed by atoms with van der Waals surface area (Å²) in [5.41, 5.74) is 1.01. The topological polar surface area (TPSA) is 101 Å². The molecule has 1 aliphatic rings. The Bertz CT molecular complexity index is 1150. The highest BCUT2D eigenvalue weighted by Gasteiger charge is 2.29. The number of nitrogens with zero attached hydrogens (tertiary/aromatic N) is 2. The average molecular weight is 482 g/mol. The molecule has 1 atom stereocenters. The molecule has 186 valence electrons. The zero-order valence-electron chi connectivity index (χ0n) is 20.2. The van der Waals surface area contributed by atoms with Crippen molar-refractivity contribution in [3.05, 3.63) is 60.3 Å². The summed E-state index contributed by atoms with van der Waals surface area (Å²) >= 11 is 0. The Kier molecular flexibility index (Phi) is 7.43. The van der Waals surface area contributed by atoms with Crippen molar-refractivity contribution in [2.45, 2.75) is 51.7 Å². The Morgan fingerprint density at radius 3 is 2.57 bits per heavy atom. The Labute approximate surface area is 204 Å². The fourth-order valence-electron chi connectivity index (χ4n) is 3.38. The molecule has 0 radical (unpaired) electrons. The number of amides is 1. The second-order valence-corrected chi connectivity index (χ2v) is 9.59. The molecule has 1 amide bonds. The number of benzene rings is 2. The Balaban J connectivity index is 1.32. The number of fused-ring (bicyclic) bond motifs is 1. The van der Waals surface area contributed by atoms with E-state index in [0.29, 0.717) is 18.3 Å². The molecule has 4 rings (SSSR count). The van der Waals surface area contributed by atoms with Gasteiger partial charge in [0, 0.05) is 11.8 Å². The standard InChI is InChI=1S/C26H31N3O6/c1-26(2,3)35-25(31)28-22(24(30)32-16-19-8-9-19)14-18-10-12-21(13-11-18)33-17-34-29-23-7-5-4-6-20(23)15-27-29/h4-7,10-13,15,19,22H,8-9,14,16-17H2,1-3H3,(H,28,31)/t22-/m1/s1. The van der Waals surface area contributed by atoms with E-state index in [1.807, 2.05) is 36.4 Å². The third-order valence-electron chi connectivity index (χ3n) is 5.34. The first kappa shape index (κ1) is 24.4. The van der Waals surface area contributed by atoms with Gasteiger partial charge in [-0.2, -0.15) is 0 Å². The first-order valence-electron chi connectivity index (χ1n) is 11.7. The van der Waals surface area contributed by atoms with Gasteiger partial charge in [0.1, 0.15) is 22.9 Å². The molecule has 3 aromatic rings. The number of carbonyl (C=O) groups excluding carboxylic acids is 2. The van der Waals surface area contributed by atoms with Crippen LogP contribution in [0.2, 0.25) is 0 Å². The predicted octanol–water partition coefficient (Wildman–Crippen LogP) is 3.89. The van der Waals surface area contributed by atoms with Crippen LogP contribution in [0.25, 0.3) is 10.9 Å². The average Bonchev–Trinajstić information content (AvgIpc) is 3.56. The van der Waals surface area contributed by atoms with Crippen LogP contribution in [0.15, 0.2) is 54.7 Å². The van der Waals surface area contributed by atoms with Crippen molar-refractivity contribution >= 4 is 23.0 Å². The summed E-state index contributed by atoms with van der Waals surface area (Å²) in [7, 11) is 0. The van der Waals surface area contributed by atoms with Crippen molar-refractivity contribution in [1.29, 1.82) is 0 Å². The quantitative estimate of drug-likeness (QED) is 0.346. The van der Waals surface area contributed by atoms with Crippen LogP contribution in [0, 0.1) is 5.92 Å². The van der Waals surface area contributed by atoms with E-state index in [9.17, 15) is 9.59 Å². The molecule has 1 heterocycles. The van der Waals surface area contributed by atoms with Crippen LogP contribution >= 0.6 is 0 Å². The highest BCUT2D eigenvalue weighted by Crippen LogP contribution is 2.29. The Morgan fingerprint density at radius 2 is 1.86 bits per heavy atom. The van der Waals surface area contributed by atoms with Gasteiger partial charge in [-0.25, -0.2) is 9.59 Å². The largest absolute Gasteiger partial charge is 0.464 e. The van der Waals surface area contributed by atoms with Gasteiger partial charge in [0.25, 0.3) is 6.79 Å². The summed E-state index contributed by atoms with van der Waals surface area (Å²) < 4.78 is 16.4. The normalized spacial score (nSPS) is 14.3. The lowest BCUT2D eigenvalue weighted by Gasteiger charge is -2.23. The highest BCUT2D eigenvalue weighted by atomic mass is 16.8. The van der Waals surface area contributed by atoms with E-state index in [1.165, 1.54) is 4.85 Å². The maximum Gasteiger partial charge on any atom is 0.408 e. The van der Waals surface area contributed by atoms with Gasteiger partial charge in [0.2, 0.25) is 0 Å². The summed E-state index contributed by atoms with van der Waals surface area (Å²) in [6.07, 6.45) is 3.47. The molecule has 0 bridgehead atoms. The van der Waals surface area contributed by atoms with Gasteiger partial charge in [0.15, 0.2) is 0 Å². The predicted molar refractivity (Wildman–Crippen MR) is 129 cm³/mol. The summed E-state index contributed by atoms with van der Waals surface area (Å²) in [4.78, 5) is 31.9. The number of rotatable bonds is 10. The molecule has 0 unspecified atom stereocenters. The van der Waals surface area contributed by atoms with E-state index in [0.717, 1.165) is 29.3 Å². The maximum atomic E-state index is 12.7. The minimum Gasteiger partial charge on any atom is -0.464 e. The van der Waals surface area contributed by atoms with E-state index in [4.69, 9.17) is 19.0 Å². The van der Waals surface area contributed by atoms with Gasteiger partial charge in [-0.3, -0.25) is 0 Å². The van der Waals surface area contributed by atoms with Crippen LogP contribution in [0.4, 0.5) is 4.79 Å². The molecule has 1 aromatic heterocycles. The number of esters is 1. The number of carbonyl (C=O) groups is 2. The number of hydrogen-bond acceptors (Lipinski definition) is 7. The number of ether oxygens (including phenoxy) is 3. The molecule has 1 N–H and O–H groups in total. The summed E-state index contributed by atoms with van der Waals surface area (Å²) in [6, 6.07) is 14.1. The van der Waals surface area contributed by atoms with Crippen molar-refractivity contribution < 1.29 is 28.6 Å². The molecule has 1 aliphatic carbocycles. The number of nitrogens with one attached hydrogen (secondary N) is 1. The number of hydrogen-bond donors (Lipinski definition) is 1. The van der Waals surface area contributed by atoms with Crippen LogP contribution in [0.5, 0.6) is 5.75 Å². The minimum atomic E-state index is -0.855. The van der Waals surface area contributed by atoms with Gasteiger partial charge in [0.05, 0.1) is 12.8 Å². The molecule has 0 saturated heterocycles. The second-order valence-electron chi connectivity index (χ2n) is 9.59. The van der Waals surface area contributed by atoms with Gasteiger partial charge in [-0.15, -0.1) is 5.10 Å². The first-order valence-corrected chi connectivity index (χ1v) is 11.7. The number of aromatic nitrogens is 2. The van der Waals surface area contributed by atoms with Crippen LogP contribution in [0.3, 0.4) is 0 Å². The van der Waals surface area contributed by atoms with E-state index in [1.54, 1.807) is 39.1 Å². The molecule has 0 aliphatic heterocycles. The fraction of sp³-hybridized carbons (Fsp3) is 0.423. The van der Waals surface area contributed by atoms with Crippen molar-refractivity contribution in [1.82, 2.24) is 15.3 Å². The van der Waals surface area contributed by atoms with Crippen molar-refractivity contribution in [3.8, 4) is 5.75 Å². The van der Waals surface area contributed by atoms with Gasteiger partial charge in [-0.05, 0) is 63.3 Å². The number of para-hydroxylation sites is 1. The molecule has 9 heteroatoms. The fourth-order valence-corrected chi connectivity index (χ4v) is 3.38. The summed E-state index contributed by atoms with van der Waals surface area (Å²) in [5, 5.41) is 7.81. The second kappa shape index (κ2) is 10.7. The van der Waals surface area contributed by atoms with E-state index in [-0.39, 0.29) is 13.2 Å². The molecule has 2 aromatic carbocycles. The Morgan fingerprint density at radius 1 is 1.11 bits per heavy atom. The highest BCUT2D eigenvalue weighted by molar-refractivity contribution is 5.82. The van der Waals surface area contributed by atoms with Crippen LogP contribution in [0.1, 0.15) is 39.2 Å². The summed E-state index contributed by atoms with van der Waals surface area (Å²) in [5.74, 6) is 0.556. The lowest BCUT2D eigenvalue weighted by atomic mass is 10.1. The van der Waals surface area contributed by atoms with Crippen molar-refractivity contribution in [3.63, 3.8) is 0 Å². The van der Waals surface area contributed by atoms with Crippen LogP contribution in [-0.4, -0.2) is 47.0 Å². The lowest BCUT2D eigenvalue weighted by Crippen LogP contribution is -2.45. The molecular weight excluding hydrogens is 450 g/mol. The molecule has 9 nitrogen and oxygen atoms in total. The van der Waals surface area contributed by atoms with Gasteiger partial charge >= 0.3 is 12.1 Å². The van der Waals surface area contributed by atoms with E-state index in [2.05, 4.69) is 10.4 Å². The number of alkyl carbamates (subject to hydrolysis) is 1. The van der Waals surface area contributed by atoms with Crippen molar-refractivity contribution in [2.24, 2.45) is 5.92 Å². The van der Waals surface area contributed by atoms with Crippen LogP contribution in [-0.2, 0) is 20.7 Å². The van der Waals surface area contributed by atoms with E-state index >= 15 is 0 Å². The monoisotopic (exact) mass is 481 g/mol. The molecule has 0 spiro atoms. The SMILES string of the molecule is CC(C)(C)OC(=O)N[C@H](Cc1ccc(OCOn2ncc3ccccc32)cc1)C(=O)OCC1CC1. The van der Waals surface area contributed by atoms with Gasteiger partial charge < -0.3 is 24.4 Å². The molecule has 35 heavy (non-hydrogen) atoms. The lowest BCUT2D eigenvalue weighted by molar-refractivity contribution is -0.146. The molecule has 1 saturated carbocycles. The van der Waals surface area contributed by atoms with Gasteiger partial charge in [-0.1, -0.05) is 35.2 Å². The van der Waals surface area contributed by atoms with E-state index < -0.39 is 23.7 Å². The molecular formula is C26H31N3O6. The minimum absolute atomic E-state index is 0.0265. The van der Waals surface area contributed by atoms with Crippen molar-refractivity contribution in [2.75, 3.05) is 13.4 Å². The first-order chi connectivity index (χ1) is 16.8. The maximum absolute atomic E-state index is 12.7. The smallest absolute Gasteiger partial charge is 0.408 e. The zero-order chi connectivity index (χ0) is 24.8. The Hall–Kier alpha value is -3.75. The zero-order valence-corrected chi connectivity index (χ0v) is 20.2.